The minimum atomic E-state index is -0.623. The number of nitrogens with zero attached hydrogens (tertiary/aromatic N) is 1. The quantitative estimate of drug-likeness (QED) is 0.698. The molecule has 2 N–H and O–H groups in total. The Balaban J connectivity index is 2.07. The number of ether oxygens (including phenoxy) is 1. The van der Waals surface area contributed by atoms with Crippen LogP contribution in [0.25, 0.3) is 11.0 Å². The molecule has 1 aromatic carbocycles. The van der Waals surface area contributed by atoms with E-state index in [2.05, 4.69) is 14.9 Å². The van der Waals surface area contributed by atoms with Crippen LogP contribution in [0.5, 0.6) is 0 Å². The highest BCUT2D eigenvalue weighted by Gasteiger charge is 2.11. The van der Waals surface area contributed by atoms with E-state index in [1.54, 1.807) is 6.07 Å². The molecule has 0 amide bonds. The Morgan fingerprint density at radius 2 is 1.67 bits per heavy atom. The van der Waals surface area contributed by atoms with Crippen LogP contribution in [-0.2, 0) is 4.74 Å². The number of H-pyrrole nitrogens is 2. The average Bonchev–Trinajstić information content (AvgIpc) is 2.41. The number of hydrogen-bond donors (Lipinski definition) is 2. The normalized spacial score (nSPS) is 16.1. The van der Waals surface area contributed by atoms with E-state index in [1.165, 1.54) is 0 Å². The predicted octanol–water partition coefficient (Wildman–Crippen LogP) is 0.0530. The first-order valence-electron chi connectivity index (χ1n) is 5.83. The maximum absolute atomic E-state index is 11.3. The highest BCUT2D eigenvalue weighted by atomic mass is 16.5. The summed E-state index contributed by atoms with van der Waals surface area (Å²) in [6.07, 6.45) is 0. The molecule has 0 spiro atoms. The second-order valence-electron chi connectivity index (χ2n) is 4.24. The van der Waals surface area contributed by atoms with Gasteiger partial charge in [-0.3, -0.25) is 9.59 Å². The molecule has 1 saturated heterocycles. The van der Waals surface area contributed by atoms with Crippen LogP contribution in [0.2, 0.25) is 0 Å². The van der Waals surface area contributed by atoms with Gasteiger partial charge in [0.15, 0.2) is 0 Å². The summed E-state index contributed by atoms with van der Waals surface area (Å²) in [7, 11) is 0. The van der Waals surface area contributed by atoms with Gasteiger partial charge >= 0.3 is 11.1 Å². The van der Waals surface area contributed by atoms with E-state index in [4.69, 9.17) is 4.74 Å². The van der Waals surface area contributed by atoms with Crippen molar-refractivity contribution in [2.24, 2.45) is 0 Å². The van der Waals surface area contributed by atoms with E-state index in [0.29, 0.717) is 24.2 Å². The molecule has 2 heterocycles. The number of anilines is 1. The molecule has 1 fully saturated rings. The summed E-state index contributed by atoms with van der Waals surface area (Å²) in [5, 5.41) is 0. The highest BCUT2D eigenvalue weighted by molar-refractivity contribution is 5.78. The Bertz CT molecular complexity index is 683. The Morgan fingerprint density at radius 1 is 1.00 bits per heavy atom. The Morgan fingerprint density at radius 3 is 2.39 bits per heavy atom. The van der Waals surface area contributed by atoms with Crippen molar-refractivity contribution in [3.8, 4) is 0 Å². The van der Waals surface area contributed by atoms with Gasteiger partial charge in [0.25, 0.3) is 0 Å². The van der Waals surface area contributed by atoms with E-state index < -0.39 is 11.1 Å². The molecule has 18 heavy (non-hydrogen) atoms. The van der Waals surface area contributed by atoms with Crippen LogP contribution >= 0.6 is 0 Å². The highest BCUT2D eigenvalue weighted by Crippen LogP contribution is 2.19. The molecule has 1 aliphatic heterocycles. The third kappa shape index (κ3) is 1.91. The minimum Gasteiger partial charge on any atom is -0.378 e. The summed E-state index contributed by atoms with van der Waals surface area (Å²) >= 11 is 0. The lowest BCUT2D eigenvalue weighted by atomic mass is 10.2. The summed E-state index contributed by atoms with van der Waals surface area (Å²) in [5.41, 5.74) is 1.05. The molecule has 94 valence electrons. The molecule has 3 rings (SSSR count). The smallest absolute Gasteiger partial charge is 0.314 e. The van der Waals surface area contributed by atoms with Crippen molar-refractivity contribution in [2.75, 3.05) is 31.2 Å². The predicted molar refractivity (Wildman–Crippen MR) is 68.2 cm³/mol. The average molecular weight is 247 g/mol. The number of rotatable bonds is 1. The third-order valence-corrected chi connectivity index (χ3v) is 3.08. The van der Waals surface area contributed by atoms with Crippen LogP contribution in [0, 0.1) is 0 Å². The van der Waals surface area contributed by atoms with E-state index >= 15 is 0 Å². The number of fused-ring (bicyclic) bond motifs is 1. The zero-order chi connectivity index (χ0) is 12.5. The lowest BCUT2D eigenvalue weighted by Gasteiger charge is -2.28. The van der Waals surface area contributed by atoms with Crippen LogP contribution in [0.15, 0.2) is 27.8 Å². The molecule has 0 aliphatic carbocycles. The van der Waals surface area contributed by atoms with Crippen LogP contribution in [0.4, 0.5) is 5.69 Å². The van der Waals surface area contributed by atoms with Crippen molar-refractivity contribution in [2.45, 2.75) is 0 Å². The van der Waals surface area contributed by atoms with Crippen molar-refractivity contribution < 1.29 is 4.74 Å². The van der Waals surface area contributed by atoms with Crippen molar-refractivity contribution in [1.82, 2.24) is 9.97 Å². The summed E-state index contributed by atoms with van der Waals surface area (Å²) in [6, 6.07) is 5.61. The number of benzene rings is 1. The zero-order valence-corrected chi connectivity index (χ0v) is 9.73. The summed E-state index contributed by atoms with van der Waals surface area (Å²) in [5.74, 6) is 0. The molecular formula is C12H13N3O3. The van der Waals surface area contributed by atoms with Gasteiger partial charge in [0.2, 0.25) is 0 Å². The third-order valence-electron chi connectivity index (χ3n) is 3.08. The fourth-order valence-electron chi connectivity index (χ4n) is 2.12. The number of hydrogen-bond acceptors (Lipinski definition) is 4. The monoisotopic (exact) mass is 247 g/mol. The fraction of sp³-hybridized carbons (Fsp3) is 0.333. The van der Waals surface area contributed by atoms with Crippen molar-refractivity contribution in [3.05, 3.63) is 38.9 Å². The van der Waals surface area contributed by atoms with E-state index in [0.717, 1.165) is 18.8 Å². The van der Waals surface area contributed by atoms with Crippen molar-refractivity contribution in [3.63, 3.8) is 0 Å². The molecular weight excluding hydrogens is 234 g/mol. The second-order valence-corrected chi connectivity index (χ2v) is 4.24. The second kappa shape index (κ2) is 4.30. The largest absolute Gasteiger partial charge is 0.378 e. The molecule has 0 bridgehead atoms. The first-order valence-corrected chi connectivity index (χ1v) is 5.83. The van der Waals surface area contributed by atoms with Gasteiger partial charge in [0.1, 0.15) is 0 Å². The molecule has 0 saturated carbocycles. The molecule has 2 aromatic rings. The Hall–Kier alpha value is -2.08. The van der Waals surface area contributed by atoms with Crippen molar-refractivity contribution >= 4 is 16.7 Å². The van der Waals surface area contributed by atoms with Gasteiger partial charge in [0.05, 0.1) is 24.2 Å². The van der Waals surface area contributed by atoms with Crippen LogP contribution in [0.1, 0.15) is 0 Å². The molecule has 1 aromatic heterocycles. The number of morpholine rings is 1. The summed E-state index contributed by atoms with van der Waals surface area (Å²) in [4.78, 5) is 29.8. The van der Waals surface area contributed by atoms with Gasteiger partial charge in [0, 0.05) is 18.8 Å². The van der Waals surface area contributed by atoms with Gasteiger partial charge in [-0.25, -0.2) is 0 Å². The fourth-order valence-corrected chi connectivity index (χ4v) is 2.12. The first kappa shape index (κ1) is 11.0. The molecule has 0 unspecified atom stereocenters. The van der Waals surface area contributed by atoms with Crippen molar-refractivity contribution in [1.29, 1.82) is 0 Å². The first-order chi connectivity index (χ1) is 8.74. The zero-order valence-electron chi connectivity index (χ0n) is 9.73. The van der Waals surface area contributed by atoms with Crippen LogP contribution in [0.3, 0.4) is 0 Å². The molecule has 0 radical (unpaired) electrons. The van der Waals surface area contributed by atoms with Gasteiger partial charge in [-0.05, 0) is 18.2 Å². The number of aromatic amines is 2. The standard InChI is InChI=1S/C12H13N3O3/c16-11-12(17)14-10-7-8(1-2-9(10)13-11)15-3-5-18-6-4-15/h1-2,7H,3-6H2,(H,13,16)(H,14,17). The maximum atomic E-state index is 11.3. The van der Waals surface area contributed by atoms with Crippen LogP contribution in [-0.4, -0.2) is 36.3 Å². The Kier molecular flexibility index (Phi) is 2.64. The topological polar surface area (TPSA) is 78.2 Å². The number of nitrogens with one attached hydrogen (secondary N) is 2. The van der Waals surface area contributed by atoms with Gasteiger partial charge in [-0.2, -0.15) is 0 Å². The van der Waals surface area contributed by atoms with E-state index in [1.807, 2.05) is 12.1 Å². The SMILES string of the molecule is O=c1[nH]c2ccc(N3CCOCC3)cc2[nH]c1=O. The van der Waals surface area contributed by atoms with Gasteiger partial charge < -0.3 is 19.6 Å². The minimum absolute atomic E-state index is 0.623. The summed E-state index contributed by atoms with van der Waals surface area (Å²) < 4.78 is 5.30. The number of aromatic nitrogens is 2. The van der Waals surface area contributed by atoms with E-state index in [9.17, 15) is 9.59 Å². The molecule has 6 heteroatoms. The Labute approximate surface area is 102 Å². The molecule has 0 atom stereocenters. The summed E-state index contributed by atoms with van der Waals surface area (Å²) in [6.45, 7) is 3.08. The van der Waals surface area contributed by atoms with E-state index in [-0.39, 0.29) is 0 Å². The lowest BCUT2D eigenvalue weighted by Crippen LogP contribution is -2.36. The van der Waals surface area contributed by atoms with Gasteiger partial charge in [-0.1, -0.05) is 0 Å². The lowest BCUT2D eigenvalue weighted by molar-refractivity contribution is 0.122. The van der Waals surface area contributed by atoms with Crippen LogP contribution < -0.4 is 16.0 Å². The molecule has 6 nitrogen and oxygen atoms in total. The maximum Gasteiger partial charge on any atom is 0.314 e. The van der Waals surface area contributed by atoms with Gasteiger partial charge in [-0.15, -0.1) is 0 Å². The molecule has 1 aliphatic rings.